The number of carbonyl (C=O) groups is 1. The number of aromatic nitrogens is 4. The van der Waals surface area contributed by atoms with Crippen molar-refractivity contribution < 1.29 is 9.53 Å². The summed E-state index contributed by atoms with van der Waals surface area (Å²) in [6, 6.07) is 13.3. The van der Waals surface area contributed by atoms with Crippen LogP contribution in [0.15, 0.2) is 47.6 Å². The van der Waals surface area contributed by atoms with E-state index in [4.69, 9.17) is 4.74 Å². The zero-order chi connectivity index (χ0) is 18.5. The fourth-order valence-electron chi connectivity index (χ4n) is 2.55. The molecule has 0 bridgehead atoms. The van der Waals surface area contributed by atoms with Crippen LogP contribution in [0.1, 0.15) is 11.1 Å². The van der Waals surface area contributed by atoms with Gasteiger partial charge in [0.15, 0.2) is 0 Å². The Morgan fingerprint density at radius 1 is 1.19 bits per heavy atom. The molecule has 1 heterocycles. The number of rotatable bonds is 6. The van der Waals surface area contributed by atoms with Crippen molar-refractivity contribution >= 4 is 23.4 Å². The van der Waals surface area contributed by atoms with E-state index in [1.54, 1.807) is 11.8 Å². The lowest BCUT2D eigenvalue weighted by Gasteiger charge is -2.08. The van der Waals surface area contributed by atoms with E-state index >= 15 is 0 Å². The third-order valence-electron chi connectivity index (χ3n) is 3.58. The van der Waals surface area contributed by atoms with Gasteiger partial charge in [-0.2, -0.15) is 4.68 Å². The molecule has 0 radical (unpaired) electrons. The van der Waals surface area contributed by atoms with Gasteiger partial charge in [0.2, 0.25) is 11.1 Å². The number of carbonyl (C=O) groups excluding carboxylic acids is 1. The number of anilines is 1. The lowest BCUT2D eigenvalue weighted by molar-refractivity contribution is -0.113. The van der Waals surface area contributed by atoms with Gasteiger partial charge in [0, 0.05) is 11.8 Å². The van der Waals surface area contributed by atoms with E-state index in [0.29, 0.717) is 10.9 Å². The fraction of sp³-hybridized carbons (Fsp3) is 0.222. The van der Waals surface area contributed by atoms with Gasteiger partial charge < -0.3 is 10.1 Å². The maximum atomic E-state index is 12.2. The summed E-state index contributed by atoms with van der Waals surface area (Å²) in [7, 11) is 1.60. The molecule has 8 heteroatoms. The SMILES string of the molecule is COc1cccc(-n2nnnc2SCC(=O)Nc2cc(C)cc(C)c2)c1. The molecular weight excluding hydrogens is 350 g/mol. The van der Waals surface area contributed by atoms with Crippen LogP contribution in [-0.4, -0.2) is 39.0 Å². The molecule has 0 aliphatic carbocycles. The first kappa shape index (κ1) is 17.9. The first-order valence-corrected chi connectivity index (χ1v) is 8.97. The molecule has 134 valence electrons. The summed E-state index contributed by atoms with van der Waals surface area (Å²) in [6.07, 6.45) is 0. The number of nitrogens with zero attached hydrogens (tertiary/aromatic N) is 4. The summed E-state index contributed by atoms with van der Waals surface area (Å²) in [4.78, 5) is 12.2. The first-order chi connectivity index (χ1) is 12.5. The Morgan fingerprint density at radius 2 is 1.96 bits per heavy atom. The number of tetrazole rings is 1. The van der Waals surface area contributed by atoms with Gasteiger partial charge in [0.1, 0.15) is 5.75 Å². The van der Waals surface area contributed by atoms with E-state index in [1.165, 1.54) is 11.8 Å². The standard InChI is InChI=1S/C18H19N5O2S/c1-12-7-13(2)9-14(8-12)19-17(24)11-26-18-20-21-22-23(18)15-5-4-6-16(10-15)25-3/h4-10H,11H2,1-3H3,(H,19,24). The van der Waals surface area contributed by atoms with Gasteiger partial charge in [-0.25, -0.2) is 0 Å². The number of nitrogens with one attached hydrogen (secondary N) is 1. The number of hydrogen-bond donors (Lipinski definition) is 1. The Balaban J connectivity index is 1.67. The monoisotopic (exact) mass is 369 g/mol. The van der Waals surface area contributed by atoms with Crippen LogP contribution in [0.3, 0.4) is 0 Å². The van der Waals surface area contributed by atoms with E-state index in [0.717, 1.165) is 22.5 Å². The predicted molar refractivity (Wildman–Crippen MR) is 101 cm³/mol. The average Bonchev–Trinajstić information content (AvgIpc) is 3.07. The molecule has 3 aromatic rings. The Hall–Kier alpha value is -2.87. The van der Waals surface area contributed by atoms with E-state index in [2.05, 4.69) is 26.9 Å². The third-order valence-corrected chi connectivity index (χ3v) is 4.50. The number of thioether (sulfide) groups is 1. The highest BCUT2D eigenvalue weighted by Gasteiger charge is 2.12. The normalized spacial score (nSPS) is 10.6. The predicted octanol–water partition coefficient (Wildman–Crippen LogP) is 3.02. The molecule has 1 amide bonds. The minimum Gasteiger partial charge on any atom is -0.497 e. The van der Waals surface area contributed by atoms with E-state index in [1.807, 2.05) is 50.2 Å². The van der Waals surface area contributed by atoms with Crippen LogP contribution in [-0.2, 0) is 4.79 Å². The van der Waals surface area contributed by atoms with E-state index in [-0.39, 0.29) is 11.7 Å². The highest BCUT2D eigenvalue weighted by atomic mass is 32.2. The van der Waals surface area contributed by atoms with Crippen LogP contribution in [0.25, 0.3) is 5.69 Å². The van der Waals surface area contributed by atoms with Crippen molar-refractivity contribution in [3.8, 4) is 11.4 Å². The quantitative estimate of drug-likeness (QED) is 0.673. The molecule has 0 unspecified atom stereocenters. The number of benzene rings is 2. The van der Waals surface area contributed by atoms with Gasteiger partial charge in [-0.15, -0.1) is 5.10 Å². The Kier molecular flexibility index (Phi) is 5.52. The smallest absolute Gasteiger partial charge is 0.234 e. The van der Waals surface area contributed by atoms with Crippen molar-refractivity contribution in [1.82, 2.24) is 20.2 Å². The fourth-order valence-corrected chi connectivity index (χ4v) is 3.24. The molecule has 3 rings (SSSR count). The molecule has 0 saturated heterocycles. The average molecular weight is 369 g/mol. The molecule has 0 fully saturated rings. The van der Waals surface area contributed by atoms with E-state index in [9.17, 15) is 4.79 Å². The summed E-state index contributed by atoms with van der Waals surface area (Å²) in [5, 5.41) is 15.1. The molecule has 26 heavy (non-hydrogen) atoms. The molecule has 1 N–H and O–H groups in total. The maximum absolute atomic E-state index is 12.2. The zero-order valence-corrected chi connectivity index (χ0v) is 15.6. The summed E-state index contributed by atoms with van der Waals surface area (Å²) in [6.45, 7) is 4.00. The summed E-state index contributed by atoms with van der Waals surface area (Å²) >= 11 is 1.27. The lowest BCUT2D eigenvalue weighted by Crippen LogP contribution is -2.14. The highest BCUT2D eigenvalue weighted by molar-refractivity contribution is 7.99. The van der Waals surface area contributed by atoms with Crippen molar-refractivity contribution in [2.45, 2.75) is 19.0 Å². The zero-order valence-electron chi connectivity index (χ0n) is 14.8. The minimum atomic E-state index is -0.111. The second kappa shape index (κ2) is 8.01. The molecule has 0 aliphatic rings. The van der Waals surface area contributed by atoms with Crippen LogP contribution in [0, 0.1) is 13.8 Å². The second-order valence-electron chi connectivity index (χ2n) is 5.79. The second-order valence-corrected chi connectivity index (χ2v) is 6.73. The number of amides is 1. The van der Waals surface area contributed by atoms with Crippen LogP contribution >= 0.6 is 11.8 Å². The summed E-state index contributed by atoms with van der Waals surface area (Å²) < 4.78 is 6.80. The van der Waals surface area contributed by atoms with Gasteiger partial charge in [0.05, 0.1) is 18.6 Å². The van der Waals surface area contributed by atoms with Crippen molar-refractivity contribution in [2.75, 3.05) is 18.2 Å². The van der Waals surface area contributed by atoms with Crippen molar-refractivity contribution in [3.05, 3.63) is 53.6 Å². The Bertz CT molecular complexity index is 905. The molecule has 0 atom stereocenters. The van der Waals surface area contributed by atoms with Crippen molar-refractivity contribution in [3.63, 3.8) is 0 Å². The molecule has 0 spiro atoms. The Labute approximate surface area is 155 Å². The van der Waals surface area contributed by atoms with Gasteiger partial charge in [-0.05, 0) is 59.7 Å². The Morgan fingerprint density at radius 3 is 2.69 bits per heavy atom. The van der Waals surface area contributed by atoms with Gasteiger partial charge in [0.25, 0.3) is 0 Å². The van der Waals surface area contributed by atoms with Crippen molar-refractivity contribution in [1.29, 1.82) is 0 Å². The highest BCUT2D eigenvalue weighted by Crippen LogP contribution is 2.21. The number of ether oxygens (including phenoxy) is 1. The molecule has 7 nitrogen and oxygen atoms in total. The lowest BCUT2D eigenvalue weighted by atomic mass is 10.1. The summed E-state index contributed by atoms with van der Waals surface area (Å²) in [5.74, 6) is 0.804. The maximum Gasteiger partial charge on any atom is 0.234 e. The molecule has 0 saturated carbocycles. The van der Waals surface area contributed by atoms with Gasteiger partial charge in [-0.1, -0.05) is 23.9 Å². The number of aryl methyl sites for hydroxylation is 2. The molecule has 1 aromatic heterocycles. The topological polar surface area (TPSA) is 81.9 Å². The van der Waals surface area contributed by atoms with Crippen LogP contribution in [0.5, 0.6) is 5.75 Å². The molecular formula is C18H19N5O2S. The van der Waals surface area contributed by atoms with Gasteiger partial charge >= 0.3 is 0 Å². The largest absolute Gasteiger partial charge is 0.497 e. The molecule has 0 aliphatic heterocycles. The minimum absolute atomic E-state index is 0.111. The summed E-state index contributed by atoms with van der Waals surface area (Å²) in [5.41, 5.74) is 3.77. The van der Waals surface area contributed by atoms with E-state index < -0.39 is 0 Å². The number of methoxy groups -OCH3 is 1. The van der Waals surface area contributed by atoms with Crippen LogP contribution in [0.2, 0.25) is 0 Å². The molecule has 2 aromatic carbocycles. The number of hydrogen-bond acceptors (Lipinski definition) is 6. The third kappa shape index (κ3) is 4.40. The van der Waals surface area contributed by atoms with Gasteiger partial charge in [-0.3, -0.25) is 4.79 Å². The first-order valence-electron chi connectivity index (χ1n) is 7.99. The van der Waals surface area contributed by atoms with Crippen molar-refractivity contribution in [2.24, 2.45) is 0 Å². The van der Waals surface area contributed by atoms with Crippen LogP contribution in [0.4, 0.5) is 5.69 Å². The van der Waals surface area contributed by atoms with Crippen LogP contribution < -0.4 is 10.1 Å².